The molecule has 3 rings (SSSR count). The van der Waals surface area contributed by atoms with Crippen molar-refractivity contribution in [2.75, 3.05) is 25.5 Å². The Morgan fingerprint density at radius 3 is 2.95 bits per heavy atom. The van der Waals surface area contributed by atoms with Gasteiger partial charge in [0, 0.05) is 19.2 Å². The predicted octanol–water partition coefficient (Wildman–Crippen LogP) is 2.27. The second-order valence-electron chi connectivity index (χ2n) is 5.47. The van der Waals surface area contributed by atoms with E-state index >= 15 is 0 Å². The standard InChI is InChI=1S/C17H19N3O/c1-20(9-10-21)12-16-15-7-3-2-5-13(15)11-14-6-4-8-18-17(14)19-16/h2-8,10,16H,9,11-12H2,1H3,(H,18,19). The third-order valence-electron chi connectivity index (χ3n) is 3.89. The molecule has 1 N–H and O–H groups in total. The minimum atomic E-state index is 0.141. The molecule has 0 aliphatic carbocycles. The first kappa shape index (κ1) is 13.8. The summed E-state index contributed by atoms with van der Waals surface area (Å²) >= 11 is 0. The summed E-state index contributed by atoms with van der Waals surface area (Å²) in [6, 6.07) is 12.7. The molecule has 0 saturated carbocycles. The average Bonchev–Trinajstić information content (AvgIpc) is 2.64. The molecule has 108 valence electrons. The van der Waals surface area contributed by atoms with E-state index in [4.69, 9.17) is 0 Å². The van der Waals surface area contributed by atoms with Gasteiger partial charge in [-0.15, -0.1) is 0 Å². The van der Waals surface area contributed by atoms with E-state index in [9.17, 15) is 4.79 Å². The van der Waals surface area contributed by atoms with Crippen LogP contribution >= 0.6 is 0 Å². The normalized spacial score (nSPS) is 16.6. The lowest BCUT2D eigenvalue weighted by molar-refractivity contribution is -0.108. The monoisotopic (exact) mass is 281 g/mol. The van der Waals surface area contributed by atoms with Crippen molar-refractivity contribution in [3.63, 3.8) is 0 Å². The van der Waals surface area contributed by atoms with Crippen molar-refractivity contribution in [3.8, 4) is 0 Å². The van der Waals surface area contributed by atoms with Crippen LogP contribution in [-0.2, 0) is 11.2 Å². The molecule has 1 unspecified atom stereocenters. The van der Waals surface area contributed by atoms with E-state index < -0.39 is 0 Å². The van der Waals surface area contributed by atoms with Crippen LogP contribution in [0.5, 0.6) is 0 Å². The number of anilines is 1. The van der Waals surface area contributed by atoms with Gasteiger partial charge < -0.3 is 10.1 Å². The van der Waals surface area contributed by atoms with Crippen molar-refractivity contribution < 1.29 is 4.79 Å². The van der Waals surface area contributed by atoms with Crippen molar-refractivity contribution in [1.82, 2.24) is 9.88 Å². The Bertz CT molecular complexity index is 641. The molecule has 2 heterocycles. The van der Waals surface area contributed by atoms with E-state index in [2.05, 4.69) is 40.6 Å². The van der Waals surface area contributed by atoms with Crippen molar-refractivity contribution in [2.45, 2.75) is 12.5 Å². The Hall–Kier alpha value is -2.20. The summed E-state index contributed by atoms with van der Waals surface area (Å²) in [5.41, 5.74) is 3.82. The third-order valence-corrected chi connectivity index (χ3v) is 3.89. The maximum Gasteiger partial charge on any atom is 0.133 e. The van der Waals surface area contributed by atoms with Crippen molar-refractivity contribution in [2.24, 2.45) is 0 Å². The summed E-state index contributed by atoms with van der Waals surface area (Å²) in [6.07, 6.45) is 3.64. The number of aldehydes is 1. The molecular weight excluding hydrogens is 262 g/mol. The van der Waals surface area contributed by atoms with Gasteiger partial charge in [0.1, 0.15) is 12.1 Å². The molecule has 1 atom stereocenters. The zero-order valence-corrected chi connectivity index (χ0v) is 12.1. The third kappa shape index (κ3) is 2.95. The first-order valence-electron chi connectivity index (χ1n) is 7.18. The number of fused-ring (bicyclic) bond motifs is 2. The molecule has 0 bridgehead atoms. The summed E-state index contributed by atoms with van der Waals surface area (Å²) in [5.74, 6) is 0.943. The molecule has 21 heavy (non-hydrogen) atoms. The molecule has 0 fully saturated rings. The maximum atomic E-state index is 10.7. The van der Waals surface area contributed by atoms with Crippen LogP contribution in [0.3, 0.4) is 0 Å². The number of nitrogens with zero attached hydrogens (tertiary/aromatic N) is 2. The summed E-state index contributed by atoms with van der Waals surface area (Å²) in [7, 11) is 1.96. The highest BCUT2D eigenvalue weighted by Gasteiger charge is 2.22. The number of aromatic nitrogens is 1. The van der Waals surface area contributed by atoms with Crippen molar-refractivity contribution >= 4 is 12.1 Å². The maximum absolute atomic E-state index is 10.7. The molecule has 1 aliphatic rings. The van der Waals surface area contributed by atoms with Gasteiger partial charge in [0.15, 0.2) is 0 Å². The molecule has 1 aromatic carbocycles. The zero-order valence-electron chi connectivity index (χ0n) is 12.1. The molecule has 0 radical (unpaired) electrons. The average molecular weight is 281 g/mol. The van der Waals surface area contributed by atoms with Gasteiger partial charge in [-0.2, -0.15) is 0 Å². The van der Waals surface area contributed by atoms with Crippen LogP contribution in [0.25, 0.3) is 0 Å². The lowest BCUT2D eigenvalue weighted by atomic mass is 9.97. The Morgan fingerprint density at radius 1 is 1.29 bits per heavy atom. The van der Waals surface area contributed by atoms with Gasteiger partial charge in [0.2, 0.25) is 0 Å². The van der Waals surface area contributed by atoms with Crippen LogP contribution in [0.2, 0.25) is 0 Å². The molecule has 0 amide bonds. The topological polar surface area (TPSA) is 45.2 Å². The lowest BCUT2D eigenvalue weighted by Gasteiger charge is -2.24. The van der Waals surface area contributed by atoms with Crippen molar-refractivity contribution in [1.29, 1.82) is 0 Å². The van der Waals surface area contributed by atoms with Gasteiger partial charge >= 0.3 is 0 Å². The fraction of sp³-hybridized carbons (Fsp3) is 0.294. The van der Waals surface area contributed by atoms with Crippen LogP contribution in [0.1, 0.15) is 22.7 Å². The van der Waals surface area contributed by atoms with Crippen LogP contribution in [0.4, 0.5) is 5.82 Å². The number of nitrogens with one attached hydrogen (secondary N) is 1. The molecule has 4 heteroatoms. The van der Waals surface area contributed by atoms with Crippen LogP contribution < -0.4 is 5.32 Å². The second kappa shape index (κ2) is 6.06. The number of carbonyl (C=O) groups excluding carboxylic acids is 1. The van der Waals surface area contributed by atoms with Gasteiger partial charge in [0.25, 0.3) is 0 Å². The number of carbonyl (C=O) groups is 1. The molecule has 0 spiro atoms. The molecule has 1 aliphatic heterocycles. The number of benzene rings is 1. The van der Waals surface area contributed by atoms with Crippen LogP contribution in [0.15, 0.2) is 42.6 Å². The van der Waals surface area contributed by atoms with Crippen LogP contribution in [0, 0.1) is 0 Å². The highest BCUT2D eigenvalue weighted by molar-refractivity contribution is 5.54. The number of likely N-dealkylation sites (N-methyl/N-ethyl adjacent to an activating group) is 1. The largest absolute Gasteiger partial charge is 0.362 e. The number of hydrogen-bond acceptors (Lipinski definition) is 4. The highest BCUT2D eigenvalue weighted by atomic mass is 16.1. The molecule has 4 nitrogen and oxygen atoms in total. The summed E-state index contributed by atoms with van der Waals surface area (Å²) in [4.78, 5) is 17.2. The number of pyridine rings is 1. The fourth-order valence-electron chi connectivity index (χ4n) is 2.85. The van der Waals surface area contributed by atoms with E-state index in [1.165, 1.54) is 16.7 Å². The molecular formula is C17H19N3O. The van der Waals surface area contributed by atoms with E-state index in [-0.39, 0.29) is 6.04 Å². The van der Waals surface area contributed by atoms with E-state index in [0.717, 1.165) is 25.1 Å². The van der Waals surface area contributed by atoms with Gasteiger partial charge in [0.05, 0.1) is 12.6 Å². The predicted molar refractivity (Wildman–Crippen MR) is 83.4 cm³/mol. The summed E-state index contributed by atoms with van der Waals surface area (Å²) in [6.45, 7) is 1.21. The second-order valence-corrected chi connectivity index (χ2v) is 5.47. The smallest absolute Gasteiger partial charge is 0.133 e. The summed E-state index contributed by atoms with van der Waals surface area (Å²) in [5, 5.41) is 3.54. The quantitative estimate of drug-likeness (QED) is 0.873. The van der Waals surface area contributed by atoms with Gasteiger partial charge in [-0.05, 0) is 29.8 Å². The minimum absolute atomic E-state index is 0.141. The molecule has 2 aromatic rings. The lowest BCUT2D eigenvalue weighted by Crippen LogP contribution is -2.30. The SMILES string of the molecule is CN(CC=O)CC1Nc2ncccc2Cc2ccccc21. The van der Waals surface area contributed by atoms with E-state index in [0.29, 0.717) is 6.54 Å². The van der Waals surface area contributed by atoms with E-state index in [1.807, 2.05) is 24.2 Å². The molecule has 1 aromatic heterocycles. The van der Waals surface area contributed by atoms with Gasteiger partial charge in [-0.25, -0.2) is 4.98 Å². The first-order valence-corrected chi connectivity index (χ1v) is 7.18. The molecule has 0 saturated heterocycles. The Morgan fingerprint density at radius 2 is 2.10 bits per heavy atom. The summed E-state index contributed by atoms with van der Waals surface area (Å²) < 4.78 is 0. The highest BCUT2D eigenvalue weighted by Crippen LogP contribution is 2.30. The Kier molecular flexibility index (Phi) is 3.97. The fourth-order valence-corrected chi connectivity index (χ4v) is 2.85. The zero-order chi connectivity index (χ0) is 14.7. The number of hydrogen-bond donors (Lipinski definition) is 1. The Balaban J connectivity index is 1.97. The van der Waals surface area contributed by atoms with Crippen molar-refractivity contribution in [3.05, 3.63) is 59.3 Å². The van der Waals surface area contributed by atoms with Crippen LogP contribution in [-0.4, -0.2) is 36.3 Å². The first-order chi connectivity index (χ1) is 10.3. The van der Waals surface area contributed by atoms with Gasteiger partial charge in [-0.3, -0.25) is 4.90 Å². The van der Waals surface area contributed by atoms with Gasteiger partial charge in [-0.1, -0.05) is 30.3 Å². The number of rotatable bonds is 4. The Labute approximate surface area is 124 Å². The minimum Gasteiger partial charge on any atom is -0.362 e. The van der Waals surface area contributed by atoms with E-state index in [1.54, 1.807) is 0 Å².